The molecule has 0 aliphatic rings. The number of aryl methyl sites for hydroxylation is 1. The Balaban J connectivity index is 2.00. The number of anilines is 2. The maximum Gasteiger partial charge on any atom is 0.159 e. The number of fused-ring (bicyclic) bond motifs is 3. The van der Waals surface area contributed by atoms with Gasteiger partial charge in [-0.2, -0.15) is 5.26 Å². The molecule has 0 N–H and O–H groups in total. The fourth-order valence-electron chi connectivity index (χ4n) is 2.96. The first-order valence-corrected chi connectivity index (χ1v) is 8.53. The third-order valence-corrected chi connectivity index (χ3v) is 5.20. The van der Waals surface area contributed by atoms with Crippen LogP contribution in [0.25, 0.3) is 21.9 Å². The van der Waals surface area contributed by atoms with E-state index in [1.54, 1.807) is 6.07 Å². The van der Waals surface area contributed by atoms with Crippen LogP contribution in [0.4, 0.5) is 11.4 Å². The summed E-state index contributed by atoms with van der Waals surface area (Å²) < 4.78 is 8.22. The topological polar surface area (TPSA) is 40.2 Å². The van der Waals surface area contributed by atoms with Crippen molar-refractivity contribution in [1.82, 2.24) is 0 Å². The van der Waals surface area contributed by atoms with Crippen LogP contribution in [-0.4, -0.2) is 0 Å². The van der Waals surface area contributed by atoms with Crippen molar-refractivity contribution in [3.63, 3.8) is 0 Å². The summed E-state index contributed by atoms with van der Waals surface area (Å²) in [5.74, 6) is 0. The van der Waals surface area contributed by atoms with E-state index in [0.29, 0.717) is 11.1 Å². The summed E-state index contributed by atoms with van der Waals surface area (Å²) in [5, 5.41) is 11.3. The second-order valence-electron chi connectivity index (χ2n) is 5.62. The number of nitrogens with zero attached hydrogens (tertiary/aromatic N) is 2. The van der Waals surface area contributed by atoms with Crippen LogP contribution in [0.3, 0.4) is 0 Å². The van der Waals surface area contributed by atoms with Crippen LogP contribution in [0.15, 0.2) is 65.1 Å². The number of benzene rings is 3. The molecule has 0 bridgehead atoms. The highest BCUT2D eigenvalue weighted by atomic mass is 127. The Hall–Kier alpha value is -2.52. The largest absolute Gasteiger partial charge is 0.452 e. The number of furan rings is 1. The minimum absolute atomic E-state index is 0.561. The maximum absolute atomic E-state index is 9.33. The Morgan fingerprint density at radius 2 is 1.54 bits per heavy atom. The summed E-state index contributed by atoms with van der Waals surface area (Å²) in [5.41, 5.74) is 5.29. The molecule has 4 heteroatoms. The van der Waals surface area contributed by atoms with Gasteiger partial charge < -0.3 is 4.42 Å². The summed E-state index contributed by atoms with van der Waals surface area (Å²) >= 11 is 2.30. The van der Waals surface area contributed by atoms with Gasteiger partial charge in [-0.15, -0.1) is 0 Å². The molecule has 0 atom stereocenters. The SMILES string of the molecule is Cc1ccccc1N(I)c1cccc2c1oc1c(C#N)cccc12. The number of rotatable bonds is 2. The molecule has 1 aromatic heterocycles. The van der Waals surface area contributed by atoms with E-state index in [0.717, 1.165) is 27.7 Å². The highest BCUT2D eigenvalue weighted by Crippen LogP contribution is 2.41. The minimum Gasteiger partial charge on any atom is -0.452 e. The molecular weight excluding hydrogens is 411 g/mol. The van der Waals surface area contributed by atoms with Gasteiger partial charge in [0.25, 0.3) is 0 Å². The second kappa shape index (κ2) is 5.84. The van der Waals surface area contributed by atoms with Gasteiger partial charge in [0.2, 0.25) is 0 Å². The van der Waals surface area contributed by atoms with E-state index in [9.17, 15) is 5.26 Å². The number of hydrogen-bond acceptors (Lipinski definition) is 3. The van der Waals surface area contributed by atoms with Crippen molar-refractivity contribution >= 4 is 56.2 Å². The summed E-state index contributed by atoms with van der Waals surface area (Å²) in [6.07, 6.45) is 0. The lowest BCUT2D eigenvalue weighted by Gasteiger charge is -2.19. The van der Waals surface area contributed by atoms with Crippen LogP contribution in [-0.2, 0) is 0 Å². The Morgan fingerprint density at radius 3 is 2.29 bits per heavy atom. The van der Waals surface area contributed by atoms with Gasteiger partial charge in [0.05, 0.1) is 39.8 Å². The van der Waals surface area contributed by atoms with Gasteiger partial charge in [-0.25, -0.2) is 0 Å². The quantitative estimate of drug-likeness (QED) is 0.282. The average molecular weight is 424 g/mol. The van der Waals surface area contributed by atoms with Crippen molar-refractivity contribution in [2.45, 2.75) is 6.92 Å². The van der Waals surface area contributed by atoms with Crippen LogP contribution in [0, 0.1) is 18.3 Å². The molecule has 0 saturated carbocycles. The number of para-hydroxylation sites is 3. The van der Waals surface area contributed by atoms with Gasteiger partial charge in [0.15, 0.2) is 11.2 Å². The zero-order valence-electron chi connectivity index (χ0n) is 13.0. The molecule has 116 valence electrons. The highest BCUT2D eigenvalue weighted by Gasteiger charge is 2.17. The summed E-state index contributed by atoms with van der Waals surface area (Å²) in [4.78, 5) is 0. The second-order valence-corrected chi connectivity index (χ2v) is 6.58. The highest BCUT2D eigenvalue weighted by molar-refractivity contribution is 14.1. The van der Waals surface area contributed by atoms with Crippen molar-refractivity contribution in [2.24, 2.45) is 0 Å². The monoisotopic (exact) mass is 424 g/mol. The van der Waals surface area contributed by atoms with Crippen LogP contribution >= 0.6 is 22.9 Å². The Kier molecular flexibility index (Phi) is 3.66. The van der Waals surface area contributed by atoms with Gasteiger partial charge >= 0.3 is 0 Å². The molecule has 0 unspecified atom stereocenters. The molecule has 4 aromatic rings. The van der Waals surface area contributed by atoms with Crippen molar-refractivity contribution in [3.8, 4) is 6.07 Å². The van der Waals surface area contributed by atoms with E-state index in [1.165, 1.54) is 5.56 Å². The zero-order chi connectivity index (χ0) is 16.7. The molecule has 0 aliphatic carbocycles. The number of hydrogen-bond donors (Lipinski definition) is 0. The lowest BCUT2D eigenvalue weighted by atomic mass is 10.1. The van der Waals surface area contributed by atoms with E-state index in [2.05, 4.69) is 51.1 Å². The van der Waals surface area contributed by atoms with Gasteiger partial charge in [-0.3, -0.25) is 3.11 Å². The number of halogens is 1. The predicted molar refractivity (Wildman–Crippen MR) is 106 cm³/mol. The van der Waals surface area contributed by atoms with Gasteiger partial charge in [-0.1, -0.05) is 42.5 Å². The van der Waals surface area contributed by atoms with Crippen molar-refractivity contribution in [3.05, 3.63) is 71.8 Å². The smallest absolute Gasteiger partial charge is 0.159 e. The molecule has 0 spiro atoms. The van der Waals surface area contributed by atoms with Gasteiger partial charge in [0, 0.05) is 10.8 Å². The molecule has 4 rings (SSSR count). The molecule has 0 saturated heterocycles. The van der Waals surface area contributed by atoms with Crippen LogP contribution in [0.5, 0.6) is 0 Å². The molecule has 1 heterocycles. The summed E-state index contributed by atoms with van der Waals surface area (Å²) in [6.45, 7) is 2.09. The molecule has 3 nitrogen and oxygen atoms in total. The van der Waals surface area contributed by atoms with E-state index in [4.69, 9.17) is 4.42 Å². The third kappa shape index (κ3) is 2.24. The molecule has 24 heavy (non-hydrogen) atoms. The van der Waals surface area contributed by atoms with Crippen molar-refractivity contribution in [1.29, 1.82) is 5.26 Å². The molecule has 3 aromatic carbocycles. The van der Waals surface area contributed by atoms with Crippen LogP contribution in [0.1, 0.15) is 11.1 Å². The van der Waals surface area contributed by atoms with E-state index in [-0.39, 0.29) is 0 Å². The third-order valence-electron chi connectivity index (χ3n) is 4.16. The molecular formula is C20H13IN2O. The molecule has 0 aliphatic heterocycles. The average Bonchev–Trinajstić information content (AvgIpc) is 3.00. The lowest BCUT2D eigenvalue weighted by molar-refractivity contribution is 0.668. The van der Waals surface area contributed by atoms with Gasteiger partial charge in [0.1, 0.15) is 6.07 Å². The maximum atomic E-state index is 9.33. The first-order valence-electron chi connectivity index (χ1n) is 7.56. The molecule has 0 fully saturated rings. The first kappa shape index (κ1) is 15.0. The van der Waals surface area contributed by atoms with Crippen molar-refractivity contribution < 1.29 is 4.42 Å². The molecule has 0 radical (unpaired) electrons. The predicted octanol–water partition coefficient (Wildman–Crippen LogP) is 6.25. The Labute approximate surface area is 153 Å². The number of nitriles is 1. The fourth-order valence-corrected chi connectivity index (χ4v) is 3.88. The van der Waals surface area contributed by atoms with Crippen LogP contribution in [0.2, 0.25) is 0 Å². The van der Waals surface area contributed by atoms with E-state index < -0.39 is 0 Å². The minimum atomic E-state index is 0.561. The standard InChI is InChI=1S/C20H13IN2O/c1-13-6-2-3-10-17(13)23(21)18-11-5-9-16-15-8-4-7-14(12-22)19(15)24-20(16)18/h2-11H,1H3. The van der Waals surface area contributed by atoms with Crippen LogP contribution < -0.4 is 3.11 Å². The lowest BCUT2D eigenvalue weighted by Crippen LogP contribution is -2.02. The Bertz CT molecular complexity index is 1110. The zero-order valence-corrected chi connectivity index (χ0v) is 15.1. The van der Waals surface area contributed by atoms with Gasteiger partial charge in [-0.05, 0) is 30.7 Å². The molecule has 0 amide bonds. The summed E-state index contributed by atoms with van der Waals surface area (Å²) in [6, 6.07) is 22.2. The van der Waals surface area contributed by atoms with E-state index in [1.807, 2.05) is 42.5 Å². The normalized spacial score (nSPS) is 10.9. The Morgan fingerprint density at radius 1 is 0.875 bits per heavy atom. The fraction of sp³-hybridized carbons (Fsp3) is 0.0500. The van der Waals surface area contributed by atoms with Crippen molar-refractivity contribution in [2.75, 3.05) is 3.11 Å². The van der Waals surface area contributed by atoms with E-state index >= 15 is 0 Å². The first-order chi connectivity index (χ1) is 11.7. The summed E-state index contributed by atoms with van der Waals surface area (Å²) in [7, 11) is 0.